The molecule has 0 unspecified atom stereocenters. The number of halogens is 1. The average Bonchev–Trinajstić information content (AvgIpc) is 2.58. The van der Waals surface area contributed by atoms with Gasteiger partial charge in [-0.3, -0.25) is 0 Å². The maximum Gasteiger partial charge on any atom is 0.135 e. The van der Waals surface area contributed by atoms with Gasteiger partial charge in [0.25, 0.3) is 0 Å². The maximum atomic E-state index is 5.51. The average molecular weight is 261 g/mol. The van der Waals surface area contributed by atoms with Crippen molar-refractivity contribution in [2.75, 3.05) is 5.73 Å². The van der Waals surface area contributed by atoms with E-state index in [4.69, 9.17) is 5.73 Å². The van der Waals surface area contributed by atoms with Crippen molar-refractivity contribution in [3.63, 3.8) is 0 Å². The molecular formula is C7H5BrN2S2. The SMILES string of the molecule is Nc1csc(-c2cc(Br)cs2)n1. The summed E-state index contributed by atoms with van der Waals surface area (Å²) in [6.07, 6.45) is 0. The lowest BCUT2D eigenvalue weighted by molar-refractivity contribution is 1.43. The van der Waals surface area contributed by atoms with Crippen LogP contribution in [-0.2, 0) is 0 Å². The van der Waals surface area contributed by atoms with Crippen LogP contribution in [0.15, 0.2) is 21.3 Å². The number of rotatable bonds is 1. The van der Waals surface area contributed by atoms with Gasteiger partial charge in [-0.15, -0.1) is 22.7 Å². The molecule has 2 heterocycles. The Morgan fingerprint density at radius 1 is 1.33 bits per heavy atom. The molecule has 0 aliphatic rings. The van der Waals surface area contributed by atoms with Crippen molar-refractivity contribution in [1.82, 2.24) is 4.98 Å². The number of nitrogen functional groups attached to an aromatic ring is 1. The molecule has 0 spiro atoms. The summed E-state index contributed by atoms with van der Waals surface area (Å²) in [6.45, 7) is 0. The van der Waals surface area contributed by atoms with E-state index in [-0.39, 0.29) is 0 Å². The molecular weight excluding hydrogens is 256 g/mol. The highest BCUT2D eigenvalue weighted by molar-refractivity contribution is 9.10. The summed E-state index contributed by atoms with van der Waals surface area (Å²) in [5.41, 5.74) is 5.51. The smallest absolute Gasteiger partial charge is 0.135 e. The predicted molar refractivity (Wildman–Crippen MR) is 57.5 cm³/mol. The Kier molecular flexibility index (Phi) is 2.16. The lowest BCUT2D eigenvalue weighted by Gasteiger charge is -1.84. The lowest BCUT2D eigenvalue weighted by Crippen LogP contribution is -1.81. The van der Waals surface area contributed by atoms with E-state index >= 15 is 0 Å². The number of hydrogen-bond acceptors (Lipinski definition) is 4. The Morgan fingerprint density at radius 2 is 2.17 bits per heavy atom. The standard InChI is InChI=1S/C7H5BrN2S2/c8-4-1-5(11-2-4)7-10-6(9)3-12-7/h1-3H,9H2. The Morgan fingerprint density at radius 3 is 2.67 bits per heavy atom. The van der Waals surface area contributed by atoms with E-state index in [1.165, 1.54) is 0 Å². The molecule has 2 aromatic heterocycles. The molecule has 0 aliphatic heterocycles. The summed E-state index contributed by atoms with van der Waals surface area (Å²) in [6, 6.07) is 2.04. The highest BCUT2D eigenvalue weighted by Gasteiger charge is 2.04. The van der Waals surface area contributed by atoms with Crippen LogP contribution in [0.3, 0.4) is 0 Å². The second kappa shape index (κ2) is 3.16. The van der Waals surface area contributed by atoms with Gasteiger partial charge in [0.2, 0.25) is 0 Å². The van der Waals surface area contributed by atoms with Gasteiger partial charge in [0.05, 0.1) is 4.88 Å². The molecule has 62 valence electrons. The maximum absolute atomic E-state index is 5.51. The molecule has 0 radical (unpaired) electrons. The molecule has 0 atom stereocenters. The normalized spacial score (nSPS) is 10.4. The Balaban J connectivity index is 2.43. The van der Waals surface area contributed by atoms with Gasteiger partial charge >= 0.3 is 0 Å². The topological polar surface area (TPSA) is 38.9 Å². The molecule has 2 nitrogen and oxygen atoms in total. The molecule has 0 aromatic carbocycles. The number of aromatic nitrogens is 1. The molecule has 0 saturated heterocycles. The molecule has 0 aliphatic carbocycles. The van der Waals surface area contributed by atoms with Crippen LogP contribution in [-0.4, -0.2) is 4.98 Å². The van der Waals surface area contributed by atoms with Gasteiger partial charge in [-0.25, -0.2) is 4.98 Å². The second-order valence-corrected chi connectivity index (χ2v) is 4.89. The van der Waals surface area contributed by atoms with Crippen molar-refractivity contribution >= 4 is 44.4 Å². The first-order valence-electron chi connectivity index (χ1n) is 3.21. The van der Waals surface area contributed by atoms with Crippen LogP contribution in [0.25, 0.3) is 9.88 Å². The van der Waals surface area contributed by atoms with Gasteiger partial charge in [-0.1, -0.05) is 0 Å². The van der Waals surface area contributed by atoms with Crippen molar-refractivity contribution in [2.24, 2.45) is 0 Å². The van der Waals surface area contributed by atoms with Crippen molar-refractivity contribution in [3.05, 3.63) is 21.3 Å². The molecule has 2 rings (SSSR count). The van der Waals surface area contributed by atoms with Gasteiger partial charge in [0.15, 0.2) is 0 Å². The third-order valence-electron chi connectivity index (χ3n) is 1.30. The van der Waals surface area contributed by atoms with Gasteiger partial charge < -0.3 is 5.73 Å². The van der Waals surface area contributed by atoms with Crippen molar-refractivity contribution < 1.29 is 0 Å². The number of nitrogens with zero attached hydrogens (tertiary/aromatic N) is 1. The van der Waals surface area contributed by atoms with Crippen molar-refractivity contribution in [2.45, 2.75) is 0 Å². The van der Waals surface area contributed by atoms with Crippen LogP contribution in [0.2, 0.25) is 0 Å². The van der Waals surface area contributed by atoms with Gasteiger partial charge in [-0.05, 0) is 22.0 Å². The van der Waals surface area contributed by atoms with Gasteiger partial charge in [0, 0.05) is 15.2 Å². The Labute approximate surface area is 86.2 Å². The van der Waals surface area contributed by atoms with E-state index in [0.29, 0.717) is 5.82 Å². The van der Waals surface area contributed by atoms with Crippen LogP contribution < -0.4 is 5.73 Å². The minimum atomic E-state index is 0.597. The van der Waals surface area contributed by atoms with Crippen LogP contribution >= 0.6 is 38.6 Å². The minimum Gasteiger partial charge on any atom is -0.383 e. The highest BCUT2D eigenvalue weighted by atomic mass is 79.9. The summed E-state index contributed by atoms with van der Waals surface area (Å²) in [5.74, 6) is 0.597. The first-order valence-corrected chi connectivity index (χ1v) is 5.76. The summed E-state index contributed by atoms with van der Waals surface area (Å²) in [4.78, 5) is 5.34. The van der Waals surface area contributed by atoms with Crippen molar-refractivity contribution in [3.8, 4) is 9.88 Å². The molecule has 5 heteroatoms. The van der Waals surface area contributed by atoms with E-state index in [2.05, 4.69) is 20.9 Å². The zero-order chi connectivity index (χ0) is 8.55. The van der Waals surface area contributed by atoms with Crippen LogP contribution in [0, 0.1) is 0 Å². The number of thiophene rings is 1. The van der Waals surface area contributed by atoms with E-state index in [1.807, 2.05) is 16.8 Å². The third-order valence-corrected chi connectivity index (χ3v) is 4.02. The fourth-order valence-electron chi connectivity index (χ4n) is 0.825. The van der Waals surface area contributed by atoms with Crippen molar-refractivity contribution in [1.29, 1.82) is 0 Å². The van der Waals surface area contributed by atoms with E-state index in [0.717, 1.165) is 14.4 Å². The van der Waals surface area contributed by atoms with Gasteiger partial charge in [0.1, 0.15) is 10.8 Å². The molecule has 0 fully saturated rings. The van der Waals surface area contributed by atoms with Crippen LogP contribution in [0.4, 0.5) is 5.82 Å². The monoisotopic (exact) mass is 260 g/mol. The number of nitrogens with two attached hydrogens (primary N) is 1. The zero-order valence-corrected chi connectivity index (χ0v) is 9.17. The molecule has 0 amide bonds. The largest absolute Gasteiger partial charge is 0.383 e. The first-order chi connectivity index (χ1) is 5.75. The van der Waals surface area contributed by atoms with Crippen LogP contribution in [0.5, 0.6) is 0 Å². The van der Waals surface area contributed by atoms with Crippen LogP contribution in [0.1, 0.15) is 0 Å². The fraction of sp³-hybridized carbons (Fsp3) is 0. The number of hydrogen-bond donors (Lipinski definition) is 1. The molecule has 2 N–H and O–H groups in total. The molecule has 2 aromatic rings. The summed E-state index contributed by atoms with van der Waals surface area (Å²) >= 11 is 6.62. The Bertz CT molecular complexity index is 355. The van der Waals surface area contributed by atoms with Gasteiger partial charge in [-0.2, -0.15) is 0 Å². The predicted octanol–water partition coefficient (Wildman–Crippen LogP) is 3.22. The second-order valence-electron chi connectivity index (χ2n) is 2.21. The number of thiazole rings is 1. The van der Waals surface area contributed by atoms with E-state index < -0.39 is 0 Å². The third kappa shape index (κ3) is 1.53. The Hall–Kier alpha value is -0.390. The quantitative estimate of drug-likeness (QED) is 0.856. The molecule has 0 bridgehead atoms. The highest BCUT2D eigenvalue weighted by Crippen LogP contribution is 2.32. The van der Waals surface area contributed by atoms with E-state index in [1.54, 1.807) is 22.7 Å². The minimum absolute atomic E-state index is 0.597. The summed E-state index contributed by atoms with van der Waals surface area (Å²) in [5, 5.41) is 4.87. The number of anilines is 1. The summed E-state index contributed by atoms with van der Waals surface area (Å²) in [7, 11) is 0. The lowest BCUT2D eigenvalue weighted by atomic mass is 10.5. The first kappa shape index (κ1) is 8.22. The molecule has 12 heavy (non-hydrogen) atoms. The zero-order valence-electron chi connectivity index (χ0n) is 5.95. The van der Waals surface area contributed by atoms with E-state index in [9.17, 15) is 0 Å². The summed E-state index contributed by atoms with van der Waals surface area (Å²) < 4.78 is 1.09. The fourth-order valence-corrected chi connectivity index (χ4v) is 3.04. The molecule has 0 saturated carbocycles.